The zero-order valence-corrected chi connectivity index (χ0v) is 22.3. The minimum atomic E-state index is -3.02. The fourth-order valence-electron chi connectivity index (χ4n) is 5.47. The summed E-state index contributed by atoms with van der Waals surface area (Å²) < 4.78 is 48.9. The number of hydrogen-bond donors (Lipinski definition) is 2. The van der Waals surface area contributed by atoms with Crippen molar-refractivity contribution in [1.82, 2.24) is 15.0 Å². The highest BCUT2D eigenvalue weighted by Crippen LogP contribution is 2.54. The highest BCUT2D eigenvalue weighted by Gasteiger charge is 2.45. The van der Waals surface area contributed by atoms with Crippen LogP contribution in [0.2, 0.25) is 0 Å². The summed E-state index contributed by atoms with van der Waals surface area (Å²) in [4.78, 5) is 30.6. The quantitative estimate of drug-likeness (QED) is 0.544. The molecule has 1 amide bonds. The Kier molecular flexibility index (Phi) is 6.08. The molecule has 2 aliphatic carbocycles. The van der Waals surface area contributed by atoms with Crippen LogP contribution in [-0.2, 0) is 9.73 Å². The van der Waals surface area contributed by atoms with Crippen molar-refractivity contribution in [2.45, 2.75) is 74.5 Å². The number of aryl methyl sites for hydroxylation is 1. The van der Waals surface area contributed by atoms with Gasteiger partial charge in [-0.15, -0.1) is 0 Å². The molecule has 1 unspecified atom stereocenters. The minimum absolute atomic E-state index is 0.142. The SMILES string of the molecule is Cc1cc(NC(=O)c2cnc(S(=N)(=O)C3CC3)cc2N2CCC3(CC2)CC3)nc(N2CCC(F)(F)CC2)n1. The first-order valence-electron chi connectivity index (χ1n) is 13.4. The van der Waals surface area contributed by atoms with Crippen molar-refractivity contribution in [3.05, 3.63) is 29.6 Å². The number of nitrogens with zero attached hydrogens (tertiary/aromatic N) is 5. The van der Waals surface area contributed by atoms with E-state index in [1.54, 1.807) is 24.0 Å². The first-order valence-corrected chi connectivity index (χ1v) is 15.0. The summed E-state index contributed by atoms with van der Waals surface area (Å²) in [5.74, 6) is -2.50. The molecule has 1 spiro atoms. The number of carbonyl (C=O) groups excluding carboxylic acids is 1. The Bertz CT molecular complexity index is 1360. The Balaban J connectivity index is 1.27. The second-order valence-electron chi connectivity index (χ2n) is 11.3. The number of aromatic nitrogens is 3. The number of anilines is 3. The molecule has 4 fully saturated rings. The van der Waals surface area contributed by atoms with Gasteiger partial charge in [-0.2, -0.15) is 4.98 Å². The summed E-state index contributed by atoms with van der Waals surface area (Å²) in [5, 5.41) is 2.91. The Morgan fingerprint density at radius 2 is 1.68 bits per heavy atom. The molecule has 1 atom stereocenters. The molecule has 2 aromatic rings. The highest BCUT2D eigenvalue weighted by molar-refractivity contribution is 7.93. The Morgan fingerprint density at radius 1 is 1.03 bits per heavy atom. The third-order valence-corrected chi connectivity index (χ3v) is 10.6. The van der Waals surface area contributed by atoms with Crippen molar-refractivity contribution < 1.29 is 17.8 Å². The van der Waals surface area contributed by atoms with Crippen LogP contribution in [0.25, 0.3) is 0 Å². The van der Waals surface area contributed by atoms with Crippen LogP contribution in [0.5, 0.6) is 0 Å². The lowest BCUT2D eigenvalue weighted by molar-refractivity contribution is -0.0222. The van der Waals surface area contributed by atoms with Gasteiger partial charge in [0.25, 0.3) is 11.8 Å². The summed E-state index contributed by atoms with van der Waals surface area (Å²) >= 11 is 0. The van der Waals surface area contributed by atoms with E-state index in [1.807, 2.05) is 0 Å². The van der Waals surface area contributed by atoms with Crippen LogP contribution in [0.3, 0.4) is 0 Å². The van der Waals surface area contributed by atoms with E-state index in [9.17, 15) is 17.8 Å². The van der Waals surface area contributed by atoms with E-state index in [4.69, 9.17) is 4.78 Å². The molecule has 9 nitrogen and oxygen atoms in total. The maximum atomic E-state index is 13.6. The summed E-state index contributed by atoms with van der Waals surface area (Å²) in [6.07, 6.45) is 7.04. The minimum Gasteiger partial charge on any atom is -0.371 e. The summed E-state index contributed by atoms with van der Waals surface area (Å²) in [6.45, 7) is 3.64. The lowest BCUT2D eigenvalue weighted by Crippen LogP contribution is -2.40. The number of hydrogen-bond acceptors (Lipinski definition) is 8. The molecular formula is C26H33F2N7O2S. The Hall–Kier alpha value is -2.89. The fraction of sp³-hybridized carbons (Fsp3) is 0.615. The third kappa shape index (κ3) is 5.06. The topological polar surface area (TPSA) is 115 Å². The van der Waals surface area contributed by atoms with Gasteiger partial charge in [0.05, 0.1) is 21.0 Å². The smallest absolute Gasteiger partial charge is 0.260 e. The molecule has 2 aliphatic heterocycles. The predicted octanol–water partition coefficient (Wildman–Crippen LogP) is 4.62. The summed E-state index contributed by atoms with van der Waals surface area (Å²) in [6, 6.07) is 3.32. The van der Waals surface area contributed by atoms with Gasteiger partial charge in [-0.3, -0.25) is 4.79 Å². The van der Waals surface area contributed by atoms with Crippen LogP contribution in [0.15, 0.2) is 23.4 Å². The van der Waals surface area contributed by atoms with Crippen LogP contribution in [0, 0.1) is 17.1 Å². The molecule has 2 saturated carbocycles. The van der Waals surface area contributed by atoms with Crippen LogP contribution < -0.4 is 15.1 Å². The zero-order valence-electron chi connectivity index (χ0n) is 21.5. The van der Waals surface area contributed by atoms with Crippen molar-refractivity contribution in [3.63, 3.8) is 0 Å². The second-order valence-corrected chi connectivity index (χ2v) is 13.6. The van der Waals surface area contributed by atoms with E-state index in [-0.39, 0.29) is 42.0 Å². The van der Waals surface area contributed by atoms with Gasteiger partial charge >= 0.3 is 0 Å². The lowest BCUT2D eigenvalue weighted by Gasteiger charge is -2.35. The first-order chi connectivity index (χ1) is 18.0. The third-order valence-electron chi connectivity index (χ3n) is 8.39. The molecule has 0 aromatic carbocycles. The number of alkyl halides is 2. The van der Waals surface area contributed by atoms with Gasteiger partial charge in [-0.25, -0.2) is 27.7 Å². The largest absolute Gasteiger partial charge is 0.371 e. The molecule has 38 heavy (non-hydrogen) atoms. The van der Waals surface area contributed by atoms with Gasteiger partial charge in [-0.05, 0) is 56.9 Å². The second kappa shape index (κ2) is 9.10. The van der Waals surface area contributed by atoms with Crippen LogP contribution in [-0.4, -0.2) is 62.4 Å². The van der Waals surface area contributed by atoms with E-state index in [1.165, 1.54) is 19.0 Å². The van der Waals surface area contributed by atoms with Gasteiger partial charge in [0.1, 0.15) is 10.8 Å². The molecule has 2 aromatic heterocycles. The predicted molar refractivity (Wildman–Crippen MR) is 141 cm³/mol. The van der Waals surface area contributed by atoms with Crippen molar-refractivity contribution in [1.29, 1.82) is 4.78 Å². The van der Waals surface area contributed by atoms with Crippen molar-refractivity contribution in [3.8, 4) is 0 Å². The van der Waals surface area contributed by atoms with Crippen molar-refractivity contribution >= 4 is 33.1 Å². The zero-order chi connectivity index (χ0) is 26.7. The maximum Gasteiger partial charge on any atom is 0.260 e. The normalized spacial score (nSPS) is 23.7. The van der Waals surface area contributed by atoms with E-state index in [2.05, 4.69) is 25.2 Å². The van der Waals surface area contributed by atoms with Crippen molar-refractivity contribution in [2.75, 3.05) is 41.3 Å². The number of amides is 1. The molecule has 2 N–H and O–H groups in total. The number of piperidine rings is 2. The summed E-state index contributed by atoms with van der Waals surface area (Å²) in [7, 11) is -3.02. The maximum absolute atomic E-state index is 13.6. The van der Waals surface area contributed by atoms with E-state index in [0.29, 0.717) is 28.3 Å². The van der Waals surface area contributed by atoms with Gasteiger partial charge in [0, 0.05) is 62.2 Å². The average molecular weight is 546 g/mol. The fourth-order valence-corrected chi connectivity index (χ4v) is 7.11. The summed E-state index contributed by atoms with van der Waals surface area (Å²) in [5.41, 5.74) is 2.04. The standard InChI is InChI=1S/C26H33F2N7O2S/c1-17-14-21(33-24(31-17)35-12-8-26(27,28)9-13-35)32-23(36)19-16-30-22(38(29,37)18-2-3-18)15-20(19)34-10-6-25(4-5-25)7-11-34/h14-16,18,29H,2-13H2,1H3,(H,31,32,33,36). The highest BCUT2D eigenvalue weighted by atomic mass is 32.2. The molecule has 0 radical (unpaired) electrons. The number of pyridine rings is 1. The van der Waals surface area contributed by atoms with Gasteiger partial charge in [0.2, 0.25) is 5.95 Å². The van der Waals surface area contributed by atoms with Crippen molar-refractivity contribution in [2.24, 2.45) is 5.41 Å². The van der Waals surface area contributed by atoms with Gasteiger partial charge < -0.3 is 15.1 Å². The Morgan fingerprint density at radius 3 is 2.32 bits per heavy atom. The van der Waals surface area contributed by atoms with E-state index >= 15 is 0 Å². The molecule has 4 aliphatic rings. The Labute approximate surface area is 221 Å². The van der Waals surface area contributed by atoms with Gasteiger partial charge in [-0.1, -0.05) is 0 Å². The number of carbonyl (C=O) groups is 1. The molecular weight excluding hydrogens is 512 g/mol. The van der Waals surface area contributed by atoms with Crippen LogP contribution in [0.4, 0.5) is 26.2 Å². The number of rotatable bonds is 6. The number of halogens is 2. The van der Waals surface area contributed by atoms with Crippen LogP contribution in [0.1, 0.15) is 67.4 Å². The molecule has 12 heteroatoms. The molecule has 0 bridgehead atoms. The van der Waals surface area contributed by atoms with E-state index < -0.39 is 21.6 Å². The molecule has 6 rings (SSSR count). The lowest BCUT2D eigenvalue weighted by atomic mass is 9.93. The molecule has 204 valence electrons. The van der Waals surface area contributed by atoms with Gasteiger partial charge in [0.15, 0.2) is 0 Å². The number of nitrogens with one attached hydrogen (secondary N) is 2. The average Bonchev–Trinajstić information content (AvgIpc) is 3.80. The molecule has 4 heterocycles. The monoisotopic (exact) mass is 545 g/mol. The first kappa shape index (κ1) is 25.4. The molecule has 2 saturated heterocycles. The van der Waals surface area contributed by atoms with Crippen LogP contribution >= 0.6 is 0 Å². The van der Waals surface area contributed by atoms with E-state index in [0.717, 1.165) is 38.8 Å².